The Labute approximate surface area is 111 Å². The van der Waals surface area contributed by atoms with Gasteiger partial charge in [0.15, 0.2) is 0 Å². The number of nitrogens with zero attached hydrogens (tertiary/aromatic N) is 1. The molecule has 0 aromatic rings. The maximum atomic E-state index is 12.8. The second-order valence-electron chi connectivity index (χ2n) is 5.96. The minimum Gasteiger partial charge on any atom is -0.341 e. The Morgan fingerprint density at radius 3 is 2.72 bits per heavy atom. The van der Waals surface area contributed by atoms with E-state index in [9.17, 15) is 4.79 Å². The average Bonchev–Trinajstić information content (AvgIpc) is 2.77. The number of carbonyl (C=O) groups excluding carboxylic acids is 1. The monoisotopic (exact) mass is 252 g/mol. The van der Waals surface area contributed by atoms with Crippen molar-refractivity contribution >= 4 is 5.91 Å². The van der Waals surface area contributed by atoms with E-state index in [1.54, 1.807) is 0 Å². The van der Waals surface area contributed by atoms with Crippen molar-refractivity contribution in [3.05, 3.63) is 0 Å². The molecule has 1 amide bonds. The molecule has 2 atom stereocenters. The lowest BCUT2D eigenvalue weighted by Gasteiger charge is -2.33. The Kier molecular flexibility index (Phi) is 4.66. The van der Waals surface area contributed by atoms with E-state index in [0.717, 1.165) is 44.8 Å². The zero-order valence-corrected chi connectivity index (χ0v) is 12.0. The van der Waals surface area contributed by atoms with E-state index in [0.29, 0.717) is 5.91 Å². The van der Waals surface area contributed by atoms with Gasteiger partial charge in [-0.25, -0.2) is 0 Å². The maximum Gasteiger partial charge on any atom is 0.242 e. The van der Waals surface area contributed by atoms with Gasteiger partial charge in [0.1, 0.15) is 0 Å². The molecule has 2 unspecified atom stereocenters. The summed E-state index contributed by atoms with van der Waals surface area (Å²) in [5.41, 5.74) is -0.230. The lowest BCUT2D eigenvalue weighted by molar-refractivity contribution is -0.138. The maximum absolute atomic E-state index is 12.8. The van der Waals surface area contributed by atoms with Crippen molar-refractivity contribution in [3.63, 3.8) is 0 Å². The number of hydrogen-bond acceptors (Lipinski definition) is 2. The fraction of sp³-hybridized carbons (Fsp3) is 0.933. The van der Waals surface area contributed by atoms with Crippen molar-refractivity contribution in [2.45, 2.75) is 64.3 Å². The van der Waals surface area contributed by atoms with Crippen LogP contribution in [0.3, 0.4) is 0 Å². The molecule has 0 bridgehead atoms. The van der Waals surface area contributed by atoms with Gasteiger partial charge in [-0.3, -0.25) is 4.79 Å². The first-order chi connectivity index (χ1) is 8.72. The molecule has 0 saturated carbocycles. The van der Waals surface area contributed by atoms with E-state index in [2.05, 4.69) is 24.1 Å². The quantitative estimate of drug-likeness (QED) is 0.837. The lowest BCUT2D eigenvalue weighted by atomic mass is 9.92. The molecule has 0 radical (unpaired) electrons. The van der Waals surface area contributed by atoms with Crippen LogP contribution in [0.1, 0.15) is 58.8 Å². The van der Waals surface area contributed by atoms with Gasteiger partial charge in [0, 0.05) is 13.1 Å². The number of rotatable bonds is 3. The lowest BCUT2D eigenvalue weighted by Crippen LogP contribution is -2.54. The summed E-state index contributed by atoms with van der Waals surface area (Å²) in [6.45, 7) is 7.36. The van der Waals surface area contributed by atoms with Crippen molar-refractivity contribution in [1.82, 2.24) is 10.2 Å². The molecule has 2 rings (SSSR count). The summed E-state index contributed by atoms with van der Waals surface area (Å²) < 4.78 is 0. The minimum absolute atomic E-state index is 0.230. The van der Waals surface area contributed by atoms with Crippen molar-refractivity contribution in [2.24, 2.45) is 5.92 Å². The standard InChI is InChI=1S/C15H28N2O/c1-3-13-7-5-11-17(12-8-13)14(18)15(4-2)9-6-10-16-15/h13,16H,3-12H2,1-2H3. The van der Waals surface area contributed by atoms with Gasteiger partial charge >= 0.3 is 0 Å². The van der Waals surface area contributed by atoms with E-state index in [4.69, 9.17) is 0 Å². The van der Waals surface area contributed by atoms with E-state index in [1.165, 1.54) is 25.7 Å². The van der Waals surface area contributed by atoms with Crippen molar-refractivity contribution in [3.8, 4) is 0 Å². The normalized spacial score (nSPS) is 33.4. The second-order valence-corrected chi connectivity index (χ2v) is 5.96. The Balaban J connectivity index is 1.99. The molecule has 2 saturated heterocycles. The minimum atomic E-state index is -0.230. The third kappa shape index (κ3) is 2.71. The summed E-state index contributed by atoms with van der Waals surface area (Å²) in [4.78, 5) is 14.9. The molecular formula is C15H28N2O. The topological polar surface area (TPSA) is 32.3 Å². The number of hydrogen-bond donors (Lipinski definition) is 1. The zero-order valence-electron chi connectivity index (χ0n) is 12.0. The Bertz CT molecular complexity index is 284. The summed E-state index contributed by atoms with van der Waals surface area (Å²) >= 11 is 0. The summed E-state index contributed by atoms with van der Waals surface area (Å²) in [5, 5.41) is 3.47. The van der Waals surface area contributed by atoms with Crippen LogP contribution >= 0.6 is 0 Å². The van der Waals surface area contributed by atoms with Gasteiger partial charge in [0.25, 0.3) is 0 Å². The molecule has 2 aliphatic rings. The van der Waals surface area contributed by atoms with Gasteiger partial charge in [0.05, 0.1) is 5.54 Å². The molecule has 2 fully saturated rings. The molecule has 104 valence electrons. The molecule has 0 aliphatic carbocycles. The molecule has 3 heteroatoms. The highest BCUT2D eigenvalue weighted by atomic mass is 16.2. The molecule has 2 heterocycles. The predicted octanol–water partition coefficient (Wildman–Crippen LogP) is 2.56. The molecule has 0 aromatic carbocycles. The highest BCUT2D eigenvalue weighted by Crippen LogP contribution is 2.28. The third-order valence-corrected chi connectivity index (χ3v) is 4.97. The highest BCUT2D eigenvalue weighted by Gasteiger charge is 2.41. The molecule has 1 N–H and O–H groups in total. The SMILES string of the molecule is CCC1CCCN(C(=O)C2(CC)CCCN2)CC1. The summed E-state index contributed by atoms with van der Waals surface area (Å²) in [7, 11) is 0. The largest absolute Gasteiger partial charge is 0.341 e. The van der Waals surface area contributed by atoms with E-state index in [1.807, 2.05) is 0 Å². The highest BCUT2D eigenvalue weighted by molar-refractivity contribution is 5.86. The summed E-state index contributed by atoms with van der Waals surface area (Å²) in [6, 6.07) is 0. The van der Waals surface area contributed by atoms with Gasteiger partial charge in [-0.05, 0) is 51.0 Å². The molecular weight excluding hydrogens is 224 g/mol. The van der Waals surface area contributed by atoms with Crippen LogP contribution in [-0.4, -0.2) is 36.0 Å². The molecule has 0 spiro atoms. The average molecular weight is 252 g/mol. The van der Waals surface area contributed by atoms with Gasteiger partial charge < -0.3 is 10.2 Å². The van der Waals surface area contributed by atoms with Crippen LogP contribution < -0.4 is 5.32 Å². The Morgan fingerprint density at radius 1 is 1.28 bits per heavy atom. The fourth-order valence-electron chi connectivity index (χ4n) is 3.52. The van der Waals surface area contributed by atoms with Crippen LogP contribution in [-0.2, 0) is 4.79 Å². The van der Waals surface area contributed by atoms with Crippen LogP contribution in [0.5, 0.6) is 0 Å². The number of nitrogens with one attached hydrogen (secondary N) is 1. The summed E-state index contributed by atoms with van der Waals surface area (Å²) in [6.07, 6.45) is 8.04. The van der Waals surface area contributed by atoms with Crippen LogP contribution in [0.4, 0.5) is 0 Å². The molecule has 0 aromatic heterocycles. The molecule has 18 heavy (non-hydrogen) atoms. The third-order valence-electron chi connectivity index (χ3n) is 4.97. The summed E-state index contributed by atoms with van der Waals surface area (Å²) in [5.74, 6) is 1.20. The van der Waals surface area contributed by atoms with Crippen molar-refractivity contribution in [1.29, 1.82) is 0 Å². The smallest absolute Gasteiger partial charge is 0.242 e. The first-order valence-electron chi connectivity index (χ1n) is 7.76. The molecule has 3 nitrogen and oxygen atoms in total. The van der Waals surface area contributed by atoms with Crippen LogP contribution in [0, 0.1) is 5.92 Å². The van der Waals surface area contributed by atoms with Crippen molar-refractivity contribution in [2.75, 3.05) is 19.6 Å². The van der Waals surface area contributed by atoms with Crippen LogP contribution in [0.2, 0.25) is 0 Å². The van der Waals surface area contributed by atoms with E-state index in [-0.39, 0.29) is 5.54 Å². The van der Waals surface area contributed by atoms with Gasteiger partial charge in [0.2, 0.25) is 5.91 Å². The van der Waals surface area contributed by atoms with Crippen molar-refractivity contribution < 1.29 is 4.79 Å². The Morgan fingerprint density at radius 2 is 2.11 bits per heavy atom. The van der Waals surface area contributed by atoms with Crippen LogP contribution in [0.15, 0.2) is 0 Å². The van der Waals surface area contributed by atoms with Gasteiger partial charge in [-0.2, -0.15) is 0 Å². The van der Waals surface area contributed by atoms with Crippen LogP contribution in [0.25, 0.3) is 0 Å². The first-order valence-corrected chi connectivity index (χ1v) is 7.76. The number of likely N-dealkylation sites (tertiary alicyclic amines) is 1. The second kappa shape index (κ2) is 6.05. The van der Waals surface area contributed by atoms with E-state index >= 15 is 0 Å². The van der Waals surface area contributed by atoms with Gasteiger partial charge in [-0.15, -0.1) is 0 Å². The predicted molar refractivity (Wildman–Crippen MR) is 74.5 cm³/mol. The zero-order chi connectivity index (χ0) is 13.0. The number of amides is 1. The fourth-order valence-corrected chi connectivity index (χ4v) is 3.52. The van der Waals surface area contributed by atoms with Gasteiger partial charge in [-0.1, -0.05) is 20.3 Å². The van der Waals surface area contributed by atoms with E-state index < -0.39 is 0 Å². The Hall–Kier alpha value is -0.570. The first kappa shape index (κ1) is 13.9. The number of carbonyl (C=O) groups is 1. The molecule has 2 aliphatic heterocycles.